The van der Waals surface area contributed by atoms with Gasteiger partial charge in [0.2, 0.25) is 0 Å². The van der Waals surface area contributed by atoms with E-state index in [2.05, 4.69) is 22.9 Å². The fraction of sp³-hybridized carbons (Fsp3) is 0.451. The molecule has 5 aliphatic rings. The number of aliphatic hydroxyl groups is 3. The first-order valence-corrected chi connectivity index (χ1v) is 24.9. The Balaban J connectivity index is 1.17. The number of fused-ring (bicyclic) bond motifs is 7. The second-order valence-electron chi connectivity index (χ2n) is 18.2. The van der Waals surface area contributed by atoms with Crippen molar-refractivity contribution < 1.29 is 40.2 Å². The lowest BCUT2D eigenvalue weighted by Crippen LogP contribution is -2.38. The maximum atomic E-state index is 14.2. The van der Waals surface area contributed by atoms with Gasteiger partial charge in [0, 0.05) is 53.0 Å². The van der Waals surface area contributed by atoms with Gasteiger partial charge in [-0.25, -0.2) is 0 Å². The zero-order chi connectivity index (χ0) is 45.0. The lowest BCUT2D eigenvalue weighted by atomic mass is 9.62. The van der Waals surface area contributed by atoms with Crippen molar-refractivity contribution in [2.45, 2.75) is 107 Å². The minimum absolute atomic E-state index is 0.0150. The first-order chi connectivity index (χ1) is 30.9. The minimum atomic E-state index is -0.807. The summed E-state index contributed by atoms with van der Waals surface area (Å²) < 4.78 is 6.13. The van der Waals surface area contributed by atoms with E-state index < -0.39 is 29.7 Å². The molecule has 2 heterocycles. The van der Waals surface area contributed by atoms with Crippen LogP contribution >= 0.6 is 21.6 Å². The summed E-state index contributed by atoms with van der Waals surface area (Å²) >= 11 is 0. The summed E-state index contributed by atoms with van der Waals surface area (Å²) in [5.41, 5.74) is 18.6. The van der Waals surface area contributed by atoms with Crippen LogP contribution in [0, 0.1) is 28.6 Å². The Morgan fingerprint density at radius 3 is 2.62 bits per heavy atom. The number of aromatic hydroxyl groups is 2. The standard InChI is InChI=1S/C51H59N3O8S2/c52-49(53)40-23-33-3-1-6-43-38(15-19-54-43)46(60)25-41-39(33)24-34(40)28-63-64-30-51-17-13-35(4-2-5-37(57)27-55)50(29-51,26-48(51)61)18-14-36(56)10-7-31-9-12-45(59)47(22-31)62-20-16-32-8-11-44(58)42(41)21-32/h8-9,11-12,14-15,18-19,21-24,35,37,41,48-49,55,57-61H,2,4-7,10,13,16-17,20,25-30,52-53H2/p-1. The van der Waals surface area contributed by atoms with Crippen LogP contribution in [0.15, 0.2) is 89.3 Å². The first kappa shape index (κ1) is 46.0. The number of aliphatic imine (C=N–C) groups is 1. The number of nitrogens with zero attached hydrogens (tertiary/aromatic N) is 1. The van der Waals surface area contributed by atoms with Crippen LogP contribution in [-0.2, 0) is 23.4 Å². The summed E-state index contributed by atoms with van der Waals surface area (Å²) in [6, 6.07) is 14.5. The highest BCUT2D eigenvalue weighted by atomic mass is 33.1. The number of nitrogens with two attached hydrogens (primary N) is 2. The van der Waals surface area contributed by atoms with E-state index >= 15 is 0 Å². The van der Waals surface area contributed by atoms with Crippen LogP contribution in [0.25, 0.3) is 0 Å². The molecule has 3 aliphatic carbocycles. The van der Waals surface area contributed by atoms with Crippen molar-refractivity contribution in [2.75, 3.05) is 19.0 Å². The van der Waals surface area contributed by atoms with Gasteiger partial charge in [-0.1, -0.05) is 70.2 Å². The summed E-state index contributed by atoms with van der Waals surface area (Å²) in [5, 5.41) is 68.0. The highest BCUT2D eigenvalue weighted by molar-refractivity contribution is 8.76. The Kier molecular flexibility index (Phi) is 14.3. The van der Waals surface area contributed by atoms with E-state index in [1.54, 1.807) is 64.2 Å². The zero-order valence-electron chi connectivity index (χ0n) is 36.0. The van der Waals surface area contributed by atoms with E-state index in [1.807, 2.05) is 24.3 Å². The number of ketones is 1. The van der Waals surface area contributed by atoms with E-state index in [0.29, 0.717) is 71.8 Å². The van der Waals surface area contributed by atoms with E-state index in [-0.39, 0.29) is 60.4 Å². The SMILES string of the molecule is NC(N)c1cc2c3cc1CSSCC14CCC(CCCC(O)CO)C(C=CC(=O)CCc5ccc(O)c(c5)OCCc5ccc(O)c(c5)C3CC([O-])=C3C=CN=C3CC#C2)(CC1O)C4. The van der Waals surface area contributed by atoms with Crippen molar-refractivity contribution in [2.24, 2.45) is 33.2 Å². The van der Waals surface area contributed by atoms with Gasteiger partial charge in [-0.3, -0.25) is 9.79 Å². The summed E-state index contributed by atoms with van der Waals surface area (Å²) in [7, 11) is 3.37. The molecule has 64 heavy (non-hydrogen) atoms. The van der Waals surface area contributed by atoms with Crippen LogP contribution in [0.5, 0.6) is 17.2 Å². The molecule has 9 N–H and O–H groups in total. The Labute approximate surface area is 383 Å². The third-order valence-electron chi connectivity index (χ3n) is 14.1. The molecule has 2 saturated carbocycles. The van der Waals surface area contributed by atoms with Gasteiger partial charge < -0.3 is 46.8 Å². The Morgan fingerprint density at radius 2 is 1.81 bits per heavy atom. The summed E-state index contributed by atoms with van der Waals surface area (Å²) in [6.07, 6.45) is 11.5. The van der Waals surface area contributed by atoms with E-state index in [1.165, 1.54) is 0 Å². The molecule has 0 saturated heterocycles. The van der Waals surface area contributed by atoms with Gasteiger partial charge in [-0.15, -0.1) is 5.76 Å². The summed E-state index contributed by atoms with van der Waals surface area (Å²) in [5.74, 6) is 7.63. The predicted molar refractivity (Wildman–Crippen MR) is 251 cm³/mol. The van der Waals surface area contributed by atoms with E-state index in [4.69, 9.17) is 16.2 Å². The van der Waals surface area contributed by atoms with Crippen LogP contribution in [-0.4, -0.2) is 68.2 Å². The van der Waals surface area contributed by atoms with Gasteiger partial charge in [0.05, 0.1) is 43.7 Å². The molecular formula is C51H58N3O8S2-. The molecule has 2 aliphatic heterocycles. The van der Waals surface area contributed by atoms with Crippen molar-refractivity contribution in [1.29, 1.82) is 0 Å². The van der Waals surface area contributed by atoms with Crippen LogP contribution in [0.1, 0.15) is 115 Å². The van der Waals surface area contributed by atoms with Gasteiger partial charge >= 0.3 is 0 Å². The van der Waals surface area contributed by atoms with Crippen LogP contribution in [0.2, 0.25) is 0 Å². The van der Waals surface area contributed by atoms with Gasteiger partial charge in [-0.2, -0.15) is 0 Å². The second-order valence-corrected chi connectivity index (χ2v) is 20.7. The largest absolute Gasteiger partial charge is 0.875 e. The number of rotatable bonds is 6. The molecule has 3 aromatic rings. The molecule has 0 radical (unpaired) electrons. The smallest absolute Gasteiger partial charge is 0.161 e. The summed E-state index contributed by atoms with van der Waals surface area (Å²) in [4.78, 5) is 18.0. The number of phenols is 2. The minimum Gasteiger partial charge on any atom is -0.875 e. The van der Waals surface area contributed by atoms with Crippen molar-refractivity contribution in [1.82, 2.24) is 0 Å². The maximum absolute atomic E-state index is 14.2. The number of ether oxygens (including phenoxy) is 1. The molecular weight excluding hydrogens is 847 g/mol. The fourth-order valence-electron chi connectivity index (χ4n) is 10.5. The quantitative estimate of drug-likeness (QED) is 0.0802. The number of aryl methyl sites for hydroxylation is 1. The zero-order valence-corrected chi connectivity index (χ0v) is 37.6. The first-order valence-electron chi connectivity index (χ1n) is 22.4. The fourth-order valence-corrected chi connectivity index (χ4v) is 13.3. The molecule has 338 valence electrons. The molecule has 11 nitrogen and oxygen atoms in total. The topological polar surface area (TPSA) is 215 Å². The Morgan fingerprint density at radius 1 is 1.00 bits per heavy atom. The molecule has 6 atom stereocenters. The van der Waals surface area contributed by atoms with E-state index in [0.717, 1.165) is 59.9 Å². The number of carbonyl (C=O) groups is 1. The molecule has 0 aromatic heterocycles. The molecule has 2 fully saturated rings. The number of allylic oxidation sites excluding steroid dienone is 5. The summed E-state index contributed by atoms with van der Waals surface area (Å²) in [6.45, 7) is -0.0667. The van der Waals surface area contributed by atoms with Crippen LogP contribution in [0.3, 0.4) is 0 Å². The second kappa shape index (κ2) is 19.9. The molecule has 6 unspecified atom stereocenters. The number of hydrogen-bond acceptors (Lipinski definition) is 13. The maximum Gasteiger partial charge on any atom is 0.161 e. The molecule has 0 amide bonds. The van der Waals surface area contributed by atoms with Gasteiger partial charge in [0.25, 0.3) is 0 Å². The number of benzene rings is 3. The van der Waals surface area contributed by atoms with E-state index in [9.17, 15) is 35.4 Å². The predicted octanol–water partition coefficient (Wildman–Crippen LogP) is 6.51. The van der Waals surface area contributed by atoms with Gasteiger partial charge in [0.15, 0.2) is 17.3 Å². The monoisotopic (exact) mass is 904 g/mol. The molecule has 3 aromatic carbocycles. The average molecular weight is 905 g/mol. The third-order valence-corrected chi connectivity index (χ3v) is 16.6. The highest BCUT2D eigenvalue weighted by Crippen LogP contribution is 2.64. The lowest BCUT2D eigenvalue weighted by Gasteiger charge is -2.44. The van der Waals surface area contributed by atoms with Crippen LogP contribution in [0.4, 0.5) is 0 Å². The number of hydrogen-bond donors (Lipinski definition) is 7. The van der Waals surface area contributed by atoms with Gasteiger partial charge in [0.1, 0.15) is 5.75 Å². The number of phenolic OH excluding ortho intramolecular Hbond substituents is 2. The molecule has 13 heteroatoms. The molecule has 0 spiro atoms. The highest BCUT2D eigenvalue weighted by Gasteiger charge is 2.58. The van der Waals surface area contributed by atoms with Crippen molar-refractivity contribution in [3.63, 3.8) is 0 Å². The van der Waals surface area contributed by atoms with Crippen LogP contribution < -0.4 is 21.3 Å². The Bertz CT molecular complexity index is 2440. The lowest BCUT2D eigenvalue weighted by molar-refractivity contribution is -0.307. The number of aliphatic hydroxyl groups excluding tert-OH is 3. The number of carbonyl (C=O) groups excluding carboxylic acids is 1. The average Bonchev–Trinajstić information content (AvgIpc) is 3.84. The van der Waals surface area contributed by atoms with Crippen molar-refractivity contribution in [3.05, 3.63) is 123 Å². The normalized spacial score (nSPS) is 26.5. The molecule has 8 rings (SSSR count). The van der Waals surface area contributed by atoms with Crippen molar-refractivity contribution >= 4 is 33.1 Å². The van der Waals surface area contributed by atoms with Crippen molar-refractivity contribution in [3.8, 4) is 29.1 Å². The Hall–Kier alpha value is -4.52. The third kappa shape index (κ3) is 9.99. The molecule has 8 bridgehead atoms. The van der Waals surface area contributed by atoms with Gasteiger partial charge in [-0.05, 0) is 133 Å².